The minimum atomic E-state index is -0.724. The third-order valence-electron chi connectivity index (χ3n) is 3.38. The zero-order chi connectivity index (χ0) is 14.0. The summed E-state index contributed by atoms with van der Waals surface area (Å²) in [5.74, 6) is -1.02. The number of aryl methyl sites for hydroxylation is 2. The van der Waals surface area contributed by atoms with Crippen LogP contribution in [0.5, 0.6) is 0 Å². The molecule has 0 fully saturated rings. The van der Waals surface area contributed by atoms with E-state index in [1.54, 1.807) is 0 Å². The van der Waals surface area contributed by atoms with E-state index in [1.807, 2.05) is 36.9 Å². The molecule has 0 saturated carbocycles. The topological polar surface area (TPSA) is 55.1 Å². The Balaban J connectivity index is 2.15. The maximum absolute atomic E-state index is 11.0. The smallest absolute Gasteiger partial charge is 0.306 e. The average molecular weight is 325 g/mol. The molecule has 0 spiro atoms. The quantitative estimate of drug-likeness (QED) is 0.914. The molecule has 0 aliphatic rings. The zero-order valence-electron chi connectivity index (χ0n) is 11.1. The molecule has 0 amide bonds. The number of nitrogens with zero attached hydrogens (tertiary/aromatic N) is 2. The molecule has 1 aromatic carbocycles. The fourth-order valence-corrected chi connectivity index (χ4v) is 2.47. The molecule has 0 bridgehead atoms. The van der Waals surface area contributed by atoms with Gasteiger partial charge in [-0.15, -0.1) is 0 Å². The summed E-state index contributed by atoms with van der Waals surface area (Å²) in [6.45, 7) is 4.56. The number of carboxylic acid groups (broad SMARTS) is 1. The predicted molar refractivity (Wildman–Crippen MR) is 78.2 cm³/mol. The van der Waals surface area contributed by atoms with Gasteiger partial charge in [-0.2, -0.15) is 5.10 Å². The number of aliphatic carboxylic acids is 1. The molecule has 1 unspecified atom stereocenters. The number of carboxylic acids is 1. The Morgan fingerprint density at radius 2 is 2.26 bits per heavy atom. The third kappa shape index (κ3) is 3.15. The molecule has 1 heterocycles. The highest BCUT2D eigenvalue weighted by Crippen LogP contribution is 2.23. The van der Waals surface area contributed by atoms with Gasteiger partial charge in [0.1, 0.15) is 0 Å². The van der Waals surface area contributed by atoms with Crippen molar-refractivity contribution in [1.29, 1.82) is 0 Å². The largest absolute Gasteiger partial charge is 0.481 e. The summed E-state index contributed by atoms with van der Waals surface area (Å²) in [6.07, 6.45) is 3.23. The van der Waals surface area contributed by atoms with Gasteiger partial charge in [0, 0.05) is 22.6 Å². The first kappa shape index (κ1) is 14.1. The molecule has 0 saturated heterocycles. The number of rotatable bonds is 5. The van der Waals surface area contributed by atoms with Crippen LogP contribution in [-0.2, 0) is 11.3 Å². The van der Waals surface area contributed by atoms with Crippen LogP contribution in [0.25, 0.3) is 10.9 Å². The van der Waals surface area contributed by atoms with Crippen LogP contribution in [-0.4, -0.2) is 20.9 Å². The lowest BCUT2D eigenvalue weighted by molar-refractivity contribution is -0.142. The van der Waals surface area contributed by atoms with Crippen LogP contribution >= 0.6 is 15.9 Å². The van der Waals surface area contributed by atoms with E-state index in [0.29, 0.717) is 19.4 Å². The number of benzene rings is 1. The molecule has 0 aliphatic carbocycles. The first-order chi connectivity index (χ1) is 9.01. The van der Waals surface area contributed by atoms with Gasteiger partial charge >= 0.3 is 5.97 Å². The zero-order valence-corrected chi connectivity index (χ0v) is 12.6. The van der Waals surface area contributed by atoms with Crippen molar-refractivity contribution in [2.45, 2.75) is 33.2 Å². The van der Waals surface area contributed by atoms with Crippen LogP contribution in [0.4, 0.5) is 0 Å². The molecule has 1 N–H and O–H groups in total. The van der Waals surface area contributed by atoms with E-state index in [-0.39, 0.29) is 5.92 Å². The molecule has 1 atom stereocenters. The monoisotopic (exact) mass is 324 g/mol. The third-order valence-corrected chi connectivity index (χ3v) is 4.24. The van der Waals surface area contributed by atoms with E-state index >= 15 is 0 Å². The van der Waals surface area contributed by atoms with Crippen LogP contribution in [0, 0.1) is 12.8 Å². The fourth-order valence-electron chi connectivity index (χ4n) is 2.10. The second-order valence-corrected chi connectivity index (χ2v) is 5.64. The lowest BCUT2D eigenvalue weighted by Gasteiger charge is -2.08. The van der Waals surface area contributed by atoms with Crippen molar-refractivity contribution in [2.75, 3.05) is 0 Å². The molecule has 19 heavy (non-hydrogen) atoms. The maximum Gasteiger partial charge on any atom is 0.306 e. The molecule has 0 radical (unpaired) electrons. The minimum absolute atomic E-state index is 0.291. The molecule has 2 rings (SSSR count). The fraction of sp³-hybridized carbons (Fsp3) is 0.429. The highest BCUT2D eigenvalue weighted by Gasteiger charge is 2.15. The normalized spacial score (nSPS) is 12.8. The maximum atomic E-state index is 11.0. The lowest BCUT2D eigenvalue weighted by Crippen LogP contribution is -2.15. The van der Waals surface area contributed by atoms with E-state index < -0.39 is 5.97 Å². The number of aromatic nitrogens is 2. The summed E-state index contributed by atoms with van der Waals surface area (Å²) >= 11 is 3.50. The van der Waals surface area contributed by atoms with Crippen LogP contribution < -0.4 is 0 Å². The van der Waals surface area contributed by atoms with Gasteiger partial charge in [0.2, 0.25) is 0 Å². The number of hydrogen-bond acceptors (Lipinski definition) is 2. The Hall–Kier alpha value is -1.36. The summed E-state index contributed by atoms with van der Waals surface area (Å²) in [5, 5.41) is 14.6. The summed E-state index contributed by atoms with van der Waals surface area (Å²) in [5.41, 5.74) is 2.10. The van der Waals surface area contributed by atoms with Crippen LogP contribution in [0.1, 0.15) is 25.3 Å². The Bertz CT molecular complexity index is 568. The predicted octanol–water partition coefficient (Wildman–Crippen LogP) is 3.61. The average Bonchev–Trinajstić information content (AvgIpc) is 2.72. The Labute approximate surface area is 120 Å². The highest BCUT2D eigenvalue weighted by atomic mass is 79.9. The number of carbonyl (C=O) groups is 1. The standard InChI is InChI=1S/C14H17BrN2O2/c1-3-10(14(18)19)4-5-17-8-11-7-12(15)9(2)6-13(11)16-17/h6-8,10H,3-5H2,1-2H3,(H,18,19). The molecule has 1 aromatic heterocycles. The van der Waals surface area contributed by atoms with Gasteiger partial charge in [-0.05, 0) is 37.5 Å². The van der Waals surface area contributed by atoms with Crippen LogP contribution in [0.15, 0.2) is 22.8 Å². The van der Waals surface area contributed by atoms with E-state index in [0.717, 1.165) is 20.9 Å². The second kappa shape index (κ2) is 5.74. The molecular formula is C14H17BrN2O2. The van der Waals surface area contributed by atoms with Gasteiger partial charge in [-0.25, -0.2) is 0 Å². The molecule has 2 aromatic rings. The van der Waals surface area contributed by atoms with Gasteiger partial charge in [0.05, 0.1) is 11.4 Å². The molecule has 102 valence electrons. The SMILES string of the molecule is CCC(CCn1cc2cc(Br)c(C)cc2n1)C(=O)O. The van der Waals surface area contributed by atoms with Crippen molar-refractivity contribution < 1.29 is 9.90 Å². The molecule has 0 aliphatic heterocycles. The van der Waals surface area contributed by atoms with Crippen LogP contribution in [0.3, 0.4) is 0 Å². The molecule has 4 nitrogen and oxygen atoms in total. The number of fused-ring (bicyclic) bond motifs is 1. The van der Waals surface area contributed by atoms with Crippen molar-refractivity contribution in [3.63, 3.8) is 0 Å². The molecular weight excluding hydrogens is 308 g/mol. The van der Waals surface area contributed by atoms with Gasteiger partial charge < -0.3 is 5.11 Å². The Morgan fingerprint density at radius 1 is 1.53 bits per heavy atom. The van der Waals surface area contributed by atoms with Crippen molar-refractivity contribution >= 4 is 32.8 Å². The van der Waals surface area contributed by atoms with E-state index in [9.17, 15) is 4.79 Å². The second-order valence-electron chi connectivity index (χ2n) is 4.78. The van der Waals surface area contributed by atoms with Crippen LogP contribution in [0.2, 0.25) is 0 Å². The van der Waals surface area contributed by atoms with E-state index in [4.69, 9.17) is 5.11 Å². The van der Waals surface area contributed by atoms with E-state index in [1.165, 1.54) is 0 Å². The summed E-state index contributed by atoms with van der Waals surface area (Å²) in [4.78, 5) is 11.0. The van der Waals surface area contributed by atoms with Crippen molar-refractivity contribution in [1.82, 2.24) is 9.78 Å². The summed E-state index contributed by atoms with van der Waals surface area (Å²) in [7, 11) is 0. The summed E-state index contributed by atoms with van der Waals surface area (Å²) in [6, 6.07) is 4.08. The first-order valence-electron chi connectivity index (χ1n) is 6.37. The van der Waals surface area contributed by atoms with Crippen molar-refractivity contribution in [3.05, 3.63) is 28.4 Å². The van der Waals surface area contributed by atoms with Gasteiger partial charge in [0.25, 0.3) is 0 Å². The van der Waals surface area contributed by atoms with Gasteiger partial charge in [-0.3, -0.25) is 9.48 Å². The molecule has 5 heteroatoms. The first-order valence-corrected chi connectivity index (χ1v) is 7.16. The lowest BCUT2D eigenvalue weighted by atomic mass is 10.0. The minimum Gasteiger partial charge on any atom is -0.481 e. The number of hydrogen-bond donors (Lipinski definition) is 1. The van der Waals surface area contributed by atoms with Gasteiger partial charge in [-0.1, -0.05) is 22.9 Å². The Morgan fingerprint density at radius 3 is 2.89 bits per heavy atom. The summed E-state index contributed by atoms with van der Waals surface area (Å²) < 4.78 is 2.90. The number of halogens is 1. The van der Waals surface area contributed by atoms with Gasteiger partial charge in [0.15, 0.2) is 0 Å². The highest BCUT2D eigenvalue weighted by molar-refractivity contribution is 9.10. The van der Waals surface area contributed by atoms with E-state index in [2.05, 4.69) is 21.0 Å². The van der Waals surface area contributed by atoms with Crippen molar-refractivity contribution in [2.24, 2.45) is 5.92 Å². The van der Waals surface area contributed by atoms with Crippen molar-refractivity contribution in [3.8, 4) is 0 Å². The Kier molecular flexibility index (Phi) is 4.24.